The van der Waals surface area contributed by atoms with Crippen molar-refractivity contribution in [2.24, 2.45) is 5.73 Å². The average Bonchev–Trinajstić information content (AvgIpc) is 2.46. The van der Waals surface area contributed by atoms with Gasteiger partial charge in [-0.25, -0.2) is 0 Å². The van der Waals surface area contributed by atoms with Gasteiger partial charge in [0.25, 0.3) is 0 Å². The predicted molar refractivity (Wildman–Crippen MR) is 74.5 cm³/mol. The molecular weight excluding hydrogens is 315 g/mol. The molecule has 1 aliphatic rings. The number of hydrogen-bond donors (Lipinski definition) is 2. The summed E-state index contributed by atoms with van der Waals surface area (Å²) in [6.07, 6.45) is -4.39. The van der Waals surface area contributed by atoms with E-state index < -0.39 is 23.7 Å². The second-order valence-electron chi connectivity index (χ2n) is 5.06. The minimum absolute atomic E-state index is 0.0178. The van der Waals surface area contributed by atoms with Gasteiger partial charge in [0.05, 0.1) is 12.1 Å². The highest BCUT2D eigenvalue weighted by Crippen LogP contribution is 2.30. The van der Waals surface area contributed by atoms with Gasteiger partial charge in [0.2, 0.25) is 11.8 Å². The first kappa shape index (κ1) is 17.1. The van der Waals surface area contributed by atoms with Gasteiger partial charge in [0, 0.05) is 13.1 Å². The minimum Gasteiger partial charge on any atom is -0.492 e. The fraction of sp³-hybridized carbons (Fsp3) is 0.429. The third-order valence-corrected chi connectivity index (χ3v) is 3.44. The van der Waals surface area contributed by atoms with Crippen molar-refractivity contribution in [3.05, 3.63) is 29.8 Å². The van der Waals surface area contributed by atoms with Crippen LogP contribution in [0.25, 0.3) is 0 Å². The number of carbonyl (C=O) groups is 2. The molecule has 1 aromatic carbocycles. The number of amides is 2. The van der Waals surface area contributed by atoms with Crippen LogP contribution in [0.15, 0.2) is 24.3 Å². The highest BCUT2D eigenvalue weighted by atomic mass is 19.4. The fourth-order valence-electron chi connectivity index (χ4n) is 2.23. The van der Waals surface area contributed by atoms with Crippen molar-refractivity contribution in [3.63, 3.8) is 0 Å². The molecule has 1 heterocycles. The van der Waals surface area contributed by atoms with E-state index in [1.807, 2.05) is 0 Å². The number of alkyl halides is 3. The lowest BCUT2D eigenvalue weighted by Crippen LogP contribution is -2.59. The van der Waals surface area contributed by atoms with E-state index >= 15 is 0 Å². The number of rotatable bonds is 5. The van der Waals surface area contributed by atoms with Gasteiger partial charge in [-0.3, -0.25) is 14.5 Å². The Morgan fingerprint density at radius 2 is 2.00 bits per heavy atom. The Bertz CT molecular complexity index is 575. The smallest absolute Gasteiger partial charge is 0.416 e. The molecule has 2 amide bonds. The van der Waals surface area contributed by atoms with Crippen LogP contribution in [0.2, 0.25) is 0 Å². The van der Waals surface area contributed by atoms with Crippen molar-refractivity contribution in [2.75, 3.05) is 26.2 Å². The number of nitrogens with two attached hydrogens (primary N) is 1. The molecule has 2 rings (SSSR count). The van der Waals surface area contributed by atoms with E-state index in [0.29, 0.717) is 0 Å². The Morgan fingerprint density at radius 3 is 2.57 bits per heavy atom. The molecule has 126 valence electrons. The Hall–Kier alpha value is -2.29. The lowest BCUT2D eigenvalue weighted by Gasteiger charge is -2.33. The average molecular weight is 331 g/mol. The molecule has 6 nitrogen and oxygen atoms in total. The van der Waals surface area contributed by atoms with Gasteiger partial charge in [-0.1, -0.05) is 0 Å². The molecule has 9 heteroatoms. The fourth-order valence-corrected chi connectivity index (χ4v) is 2.23. The van der Waals surface area contributed by atoms with Gasteiger partial charge < -0.3 is 15.8 Å². The molecule has 0 radical (unpaired) electrons. The van der Waals surface area contributed by atoms with Gasteiger partial charge >= 0.3 is 6.18 Å². The molecule has 1 unspecified atom stereocenters. The van der Waals surface area contributed by atoms with E-state index in [2.05, 4.69) is 5.32 Å². The van der Waals surface area contributed by atoms with E-state index in [1.54, 1.807) is 4.90 Å². The van der Waals surface area contributed by atoms with Crippen LogP contribution < -0.4 is 15.8 Å². The summed E-state index contributed by atoms with van der Waals surface area (Å²) in [7, 11) is 0. The summed E-state index contributed by atoms with van der Waals surface area (Å²) in [5.41, 5.74) is 4.51. The van der Waals surface area contributed by atoms with E-state index in [4.69, 9.17) is 10.5 Å². The summed E-state index contributed by atoms with van der Waals surface area (Å²) in [5, 5.41) is 2.54. The van der Waals surface area contributed by atoms with E-state index in [-0.39, 0.29) is 37.9 Å². The summed E-state index contributed by atoms with van der Waals surface area (Å²) >= 11 is 0. The number of hydrogen-bond acceptors (Lipinski definition) is 4. The maximum Gasteiger partial charge on any atom is 0.416 e. The van der Waals surface area contributed by atoms with Crippen LogP contribution in [-0.4, -0.2) is 49.0 Å². The van der Waals surface area contributed by atoms with E-state index in [9.17, 15) is 22.8 Å². The van der Waals surface area contributed by atoms with Crippen molar-refractivity contribution in [3.8, 4) is 5.75 Å². The first-order chi connectivity index (χ1) is 10.8. The first-order valence-electron chi connectivity index (χ1n) is 6.87. The number of nitrogens with one attached hydrogen (secondary N) is 1. The maximum atomic E-state index is 12.4. The predicted octanol–water partition coefficient (Wildman–Crippen LogP) is 0.370. The largest absolute Gasteiger partial charge is 0.492 e. The molecule has 0 saturated carbocycles. The van der Waals surface area contributed by atoms with Crippen LogP contribution in [0.1, 0.15) is 5.56 Å². The normalized spacial score (nSPS) is 19.3. The van der Waals surface area contributed by atoms with Gasteiger partial charge in [0.1, 0.15) is 18.4 Å². The Labute approximate surface area is 130 Å². The van der Waals surface area contributed by atoms with Crippen LogP contribution in [0, 0.1) is 0 Å². The summed E-state index contributed by atoms with van der Waals surface area (Å²) in [6, 6.07) is 3.67. The maximum absolute atomic E-state index is 12.4. The quantitative estimate of drug-likeness (QED) is 0.816. The molecule has 3 N–H and O–H groups in total. The zero-order chi connectivity index (χ0) is 17.0. The molecule has 0 aromatic heterocycles. The van der Waals surface area contributed by atoms with E-state index in [1.165, 1.54) is 12.1 Å². The summed E-state index contributed by atoms with van der Waals surface area (Å²) in [6.45, 7) is 0.517. The molecule has 1 atom stereocenters. The van der Waals surface area contributed by atoms with Gasteiger partial charge in [-0.15, -0.1) is 0 Å². The Kier molecular flexibility index (Phi) is 5.09. The monoisotopic (exact) mass is 331 g/mol. The van der Waals surface area contributed by atoms with Crippen molar-refractivity contribution in [2.45, 2.75) is 12.2 Å². The molecule has 0 spiro atoms. The third kappa shape index (κ3) is 4.59. The van der Waals surface area contributed by atoms with Crippen LogP contribution in [0.5, 0.6) is 5.75 Å². The standard InChI is InChI=1S/C14H16F3N3O3/c15-14(16,17)9-1-3-10(4-2-9)23-6-5-20-8-12(21)19-7-11(20)13(18)22/h1-4,11H,5-8H2,(H2,18,22)(H,19,21). The van der Waals surface area contributed by atoms with Gasteiger partial charge in [0.15, 0.2) is 0 Å². The molecule has 1 aromatic rings. The van der Waals surface area contributed by atoms with Gasteiger partial charge in [-0.2, -0.15) is 13.2 Å². The topological polar surface area (TPSA) is 84.7 Å². The minimum atomic E-state index is -4.39. The van der Waals surface area contributed by atoms with Crippen LogP contribution in [-0.2, 0) is 15.8 Å². The lowest BCUT2D eigenvalue weighted by atomic mass is 10.2. The van der Waals surface area contributed by atoms with Crippen LogP contribution in [0.3, 0.4) is 0 Å². The van der Waals surface area contributed by atoms with Crippen molar-refractivity contribution in [1.82, 2.24) is 10.2 Å². The Balaban J connectivity index is 1.88. The molecule has 0 aliphatic carbocycles. The molecule has 1 aliphatic heterocycles. The summed E-state index contributed by atoms with van der Waals surface area (Å²) in [5.74, 6) is -0.508. The number of benzene rings is 1. The summed E-state index contributed by atoms with van der Waals surface area (Å²) < 4.78 is 42.7. The highest BCUT2D eigenvalue weighted by Gasteiger charge is 2.31. The number of nitrogens with zero attached hydrogens (tertiary/aromatic N) is 1. The highest BCUT2D eigenvalue weighted by molar-refractivity contribution is 5.85. The van der Waals surface area contributed by atoms with Gasteiger partial charge in [-0.05, 0) is 24.3 Å². The number of carbonyl (C=O) groups excluding carboxylic acids is 2. The van der Waals surface area contributed by atoms with Crippen molar-refractivity contribution in [1.29, 1.82) is 0 Å². The zero-order valence-corrected chi connectivity index (χ0v) is 12.1. The second-order valence-corrected chi connectivity index (χ2v) is 5.06. The zero-order valence-electron chi connectivity index (χ0n) is 12.1. The number of halogens is 3. The molecule has 1 fully saturated rings. The first-order valence-corrected chi connectivity index (χ1v) is 6.87. The van der Waals surface area contributed by atoms with Crippen LogP contribution >= 0.6 is 0 Å². The SMILES string of the molecule is NC(=O)C1CNC(=O)CN1CCOc1ccc(C(F)(F)F)cc1. The molecule has 23 heavy (non-hydrogen) atoms. The summed E-state index contributed by atoms with van der Waals surface area (Å²) in [4.78, 5) is 24.2. The second kappa shape index (κ2) is 6.86. The molecule has 1 saturated heterocycles. The number of ether oxygens (including phenoxy) is 1. The Morgan fingerprint density at radius 1 is 1.35 bits per heavy atom. The van der Waals surface area contributed by atoms with Crippen LogP contribution in [0.4, 0.5) is 13.2 Å². The van der Waals surface area contributed by atoms with Crippen molar-refractivity contribution >= 4 is 11.8 Å². The lowest BCUT2D eigenvalue weighted by molar-refractivity contribution is -0.137. The number of piperazine rings is 1. The number of primary amides is 1. The van der Waals surface area contributed by atoms with E-state index in [0.717, 1.165) is 12.1 Å². The molecule has 0 bridgehead atoms. The molecular formula is C14H16F3N3O3. The third-order valence-electron chi connectivity index (χ3n) is 3.44. The van der Waals surface area contributed by atoms with Crippen molar-refractivity contribution < 1.29 is 27.5 Å².